The second kappa shape index (κ2) is 14.6. The molecule has 1 aromatic heterocycles. The second-order valence-electron chi connectivity index (χ2n) is 11.9. The number of rotatable bonds is 10. The molecule has 3 aromatic rings. The average molecular weight is 713 g/mol. The fourth-order valence-corrected chi connectivity index (χ4v) is 5.47. The third kappa shape index (κ3) is 9.97. The Balaban J connectivity index is 1.37. The Morgan fingerprint density at radius 3 is 2.39 bits per heavy atom. The van der Waals surface area contributed by atoms with Crippen molar-refractivity contribution in [1.29, 1.82) is 0 Å². The molecule has 0 aliphatic carbocycles. The number of halogens is 3. The maximum atomic E-state index is 13.5. The number of hydrogen-bond donors (Lipinski definition) is 1. The lowest BCUT2D eigenvalue weighted by Gasteiger charge is -2.21. The van der Waals surface area contributed by atoms with Crippen LogP contribution in [0.4, 0.5) is 22.8 Å². The number of benzene rings is 2. The first-order valence-electron chi connectivity index (χ1n) is 14.9. The molecule has 1 N–H and O–H groups in total. The number of amides is 1. The summed E-state index contributed by atoms with van der Waals surface area (Å²) in [6.07, 6.45) is -7.43. The van der Waals surface area contributed by atoms with E-state index in [9.17, 15) is 36.4 Å². The molecular formula is C30H35F3N6O9S. The van der Waals surface area contributed by atoms with Crippen LogP contribution < -0.4 is 4.72 Å². The largest absolute Gasteiger partial charge is 0.569 e. The molecule has 2 heterocycles. The van der Waals surface area contributed by atoms with Crippen LogP contribution in [0.3, 0.4) is 0 Å². The lowest BCUT2D eigenvalue weighted by Crippen LogP contribution is -2.40. The third-order valence-corrected chi connectivity index (χ3v) is 8.17. The molecule has 266 valence electrons. The monoisotopic (exact) mass is 712 g/mol. The van der Waals surface area contributed by atoms with Gasteiger partial charge in [-0.25, -0.2) is 27.4 Å². The van der Waals surface area contributed by atoms with E-state index in [0.717, 1.165) is 28.4 Å². The van der Waals surface area contributed by atoms with E-state index in [1.165, 1.54) is 24.1 Å². The van der Waals surface area contributed by atoms with Gasteiger partial charge in [0.05, 0.1) is 27.8 Å². The summed E-state index contributed by atoms with van der Waals surface area (Å²) in [4.78, 5) is 28.8. The molecular weight excluding hydrogens is 677 g/mol. The molecule has 1 amide bonds. The van der Waals surface area contributed by atoms with Crippen LogP contribution in [0, 0.1) is 12.1 Å². The van der Waals surface area contributed by atoms with Gasteiger partial charge in [0.2, 0.25) is 5.28 Å². The molecule has 49 heavy (non-hydrogen) atoms. The number of alkyl halides is 3. The summed E-state index contributed by atoms with van der Waals surface area (Å²) in [7, 11) is -4.47. The van der Waals surface area contributed by atoms with Crippen LogP contribution >= 0.6 is 0 Å². The summed E-state index contributed by atoms with van der Waals surface area (Å²) in [5.41, 5.74) is -0.315. The van der Waals surface area contributed by atoms with E-state index in [2.05, 4.69) is 10.4 Å². The van der Waals surface area contributed by atoms with E-state index in [4.69, 9.17) is 19.0 Å². The van der Waals surface area contributed by atoms with Crippen molar-refractivity contribution >= 4 is 22.3 Å². The zero-order chi connectivity index (χ0) is 36.1. The number of aromatic nitrogens is 2. The summed E-state index contributed by atoms with van der Waals surface area (Å²) < 4.78 is 84.1. The van der Waals surface area contributed by atoms with E-state index in [-0.39, 0.29) is 34.4 Å². The molecule has 0 spiro atoms. The first-order chi connectivity index (χ1) is 22.8. The minimum atomic E-state index is -4.72. The molecule has 1 saturated heterocycles. The number of aryl methyl sites for hydroxylation is 1. The van der Waals surface area contributed by atoms with E-state index in [1.807, 2.05) is 6.92 Å². The highest BCUT2D eigenvalue weighted by atomic mass is 32.2. The topological polar surface area (TPSA) is 177 Å². The summed E-state index contributed by atoms with van der Waals surface area (Å²) in [6, 6.07) is 11.7. The first-order valence-corrected chi connectivity index (χ1v) is 16.4. The van der Waals surface area contributed by atoms with Gasteiger partial charge in [0.15, 0.2) is 5.69 Å². The van der Waals surface area contributed by atoms with Crippen LogP contribution in [0.15, 0.2) is 64.8 Å². The molecule has 19 heteroatoms. The first kappa shape index (κ1) is 36.8. The van der Waals surface area contributed by atoms with Gasteiger partial charge in [0, 0.05) is 12.5 Å². The molecule has 0 bridgehead atoms. The molecule has 15 nitrogen and oxygen atoms in total. The number of carbonyl (C=O) groups excluding carboxylic acids is 2. The number of nitrogens with one attached hydrogen (secondary N) is 1. The molecule has 1 aliphatic rings. The Bertz CT molecular complexity index is 1770. The van der Waals surface area contributed by atoms with Crippen LogP contribution in [0.25, 0.3) is 16.9 Å². The minimum Gasteiger partial charge on any atom is -0.569 e. The molecule has 2 atom stereocenters. The third-order valence-electron chi connectivity index (χ3n) is 6.85. The van der Waals surface area contributed by atoms with Crippen LogP contribution in [0.5, 0.6) is 0 Å². The lowest BCUT2D eigenvalue weighted by molar-refractivity contribution is -0.716. The van der Waals surface area contributed by atoms with Gasteiger partial charge in [-0.1, -0.05) is 29.8 Å². The van der Waals surface area contributed by atoms with Gasteiger partial charge in [-0.2, -0.15) is 18.3 Å². The fourth-order valence-electron chi connectivity index (χ4n) is 4.58. The van der Waals surface area contributed by atoms with Crippen molar-refractivity contribution in [2.45, 2.75) is 76.5 Å². The van der Waals surface area contributed by atoms with Gasteiger partial charge in [0.25, 0.3) is 16.3 Å². The Morgan fingerprint density at radius 2 is 1.78 bits per heavy atom. The molecule has 2 aromatic carbocycles. The maximum Gasteiger partial charge on any atom is 0.511 e. The Labute approximate surface area is 279 Å². The molecule has 0 radical (unpaired) electrons. The normalized spacial score (nSPS) is 16.2. The van der Waals surface area contributed by atoms with Gasteiger partial charge in [-0.3, -0.25) is 4.84 Å². The quantitative estimate of drug-likeness (QED) is 0.0877. The number of hydrogen-bond acceptors (Lipinski definition) is 11. The average Bonchev–Trinajstić information content (AvgIpc) is 3.66. The van der Waals surface area contributed by atoms with Gasteiger partial charge >= 0.3 is 18.4 Å². The molecule has 0 saturated carbocycles. The maximum absolute atomic E-state index is 13.5. The van der Waals surface area contributed by atoms with Crippen molar-refractivity contribution in [1.82, 2.24) is 19.5 Å². The highest BCUT2D eigenvalue weighted by molar-refractivity contribution is 7.90. The zero-order valence-electron chi connectivity index (χ0n) is 27.1. The second-order valence-corrected chi connectivity index (χ2v) is 13.6. The zero-order valence-corrected chi connectivity index (χ0v) is 27.9. The number of hydrazine groups is 1. The van der Waals surface area contributed by atoms with Crippen molar-refractivity contribution in [2.75, 3.05) is 13.2 Å². The van der Waals surface area contributed by atoms with E-state index in [0.29, 0.717) is 18.4 Å². The van der Waals surface area contributed by atoms with E-state index in [1.54, 1.807) is 49.8 Å². The van der Waals surface area contributed by atoms with Crippen LogP contribution in [0.1, 0.15) is 51.8 Å². The standard InChI is InChI=1S/C30H35F3N6O9S/c1-19-8-10-21(11-9-19)25-17-26(30(31,32)33)34-38(25)22-12-14-24(15-13-22)49(43,44)35-27(40)45-18-23-7-6-16-37(23)39(42)36-48-20(2)46-28(41)47-29(3,4)5/h8-15,17,20,23H,6-7,16,18H2,1-5H3,(H,35,40)/b39-36-/t20?,23-/m0/s1. The van der Waals surface area contributed by atoms with Crippen LogP contribution in [0.2, 0.25) is 0 Å². The van der Waals surface area contributed by atoms with Crippen molar-refractivity contribution in [2.24, 2.45) is 5.28 Å². The number of ether oxygens (including phenoxy) is 3. The number of carbonyl (C=O) groups is 2. The SMILES string of the molecule is Cc1ccc(-c2cc(C(F)(F)F)nn2-c2ccc(S(=O)(=O)NC(=O)OC[C@@H]3CCCN3/[N+]([O-])=N/OC(C)OC(=O)OC(C)(C)C)cc2)cc1. The van der Waals surface area contributed by atoms with Crippen molar-refractivity contribution in [3.05, 3.63) is 71.1 Å². The Hall–Kier alpha value is -5.07. The van der Waals surface area contributed by atoms with Crippen molar-refractivity contribution in [3.8, 4) is 16.9 Å². The predicted octanol–water partition coefficient (Wildman–Crippen LogP) is 5.85. The van der Waals surface area contributed by atoms with Gasteiger partial charge < -0.3 is 19.4 Å². The molecule has 1 fully saturated rings. The van der Waals surface area contributed by atoms with Gasteiger partial charge in [-0.15, -0.1) is 5.01 Å². The van der Waals surface area contributed by atoms with Gasteiger partial charge in [-0.05, 0) is 70.9 Å². The number of sulfonamides is 1. The Kier molecular flexibility index (Phi) is 10.9. The van der Waals surface area contributed by atoms with Crippen molar-refractivity contribution in [3.63, 3.8) is 0 Å². The van der Waals surface area contributed by atoms with E-state index < -0.39 is 52.1 Å². The van der Waals surface area contributed by atoms with Gasteiger partial charge in [0.1, 0.15) is 18.2 Å². The highest BCUT2D eigenvalue weighted by Crippen LogP contribution is 2.33. The van der Waals surface area contributed by atoms with E-state index >= 15 is 0 Å². The highest BCUT2D eigenvalue weighted by Gasteiger charge is 2.36. The summed E-state index contributed by atoms with van der Waals surface area (Å²) in [5.74, 6) is 0. The number of nitrogens with zero attached hydrogens (tertiary/aromatic N) is 5. The summed E-state index contributed by atoms with van der Waals surface area (Å²) in [5, 5.41) is 20.7. The van der Waals surface area contributed by atoms with Crippen LogP contribution in [-0.2, 0) is 35.2 Å². The Morgan fingerprint density at radius 1 is 1.12 bits per heavy atom. The molecule has 1 aliphatic heterocycles. The minimum absolute atomic E-state index is 0.105. The van der Waals surface area contributed by atoms with Crippen LogP contribution in [-0.4, -0.2) is 71.5 Å². The summed E-state index contributed by atoms with van der Waals surface area (Å²) >= 11 is 0. The fraction of sp³-hybridized carbons (Fsp3) is 0.433. The predicted molar refractivity (Wildman–Crippen MR) is 164 cm³/mol. The van der Waals surface area contributed by atoms with Crippen molar-refractivity contribution < 1.29 is 55.2 Å². The smallest absolute Gasteiger partial charge is 0.511 e. The molecule has 1 unspecified atom stereocenters. The molecule has 4 rings (SSSR count). The lowest BCUT2D eigenvalue weighted by atomic mass is 10.1. The summed E-state index contributed by atoms with van der Waals surface area (Å²) in [6.45, 7) is 7.88.